The molecule has 35 heavy (non-hydrogen) atoms. The van der Waals surface area contributed by atoms with Crippen LogP contribution < -0.4 is 0 Å². The number of carboxylic acids is 1. The highest BCUT2D eigenvalue weighted by Gasteiger charge is 2.33. The molecule has 0 aliphatic carbocycles. The summed E-state index contributed by atoms with van der Waals surface area (Å²) < 4.78 is 30.6. The third-order valence-corrected chi connectivity index (χ3v) is 6.46. The Balaban J connectivity index is 1.94. The topological polar surface area (TPSA) is 78.4 Å². The minimum absolute atomic E-state index is 0.175. The molecule has 0 amide bonds. The Morgan fingerprint density at radius 1 is 1.14 bits per heavy atom. The molecular formula is C28H21F2N3O2. The number of aromatic nitrogens is 1. The second-order valence-corrected chi connectivity index (χ2v) is 9.29. The van der Waals surface area contributed by atoms with Crippen LogP contribution in [0.1, 0.15) is 47.4 Å². The third-order valence-electron chi connectivity index (χ3n) is 6.46. The summed E-state index contributed by atoms with van der Waals surface area (Å²) in [4.78, 5) is 15.8. The van der Waals surface area contributed by atoms with Gasteiger partial charge in [0.1, 0.15) is 11.6 Å². The summed E-state index contributed by atoms with van der Waals surface area (Å²) in [6, 6.07) is 16.4. The van der Waals surface area contributed by atoms with E-state index in [1.807, 2.05) is 30.5 Å². The number of carbonyl (C=O) groups is 1. The molecule has 4 aromatic rings. The van der Waals surface area contributed by atoms with E-state index < -0.39 is 22.8 Å². The quantitative estimate of drug-likeness (QED) is 0.367. The molecular weight excluding hydrogens is 448 g/mol. The van der Waals surface area contributed by atoms with Gasteiger partial charge >= 0.3 is 5.97 Å². The van der Waals surface area contributed by atoms with E-state index in [0.29, 0.717) is 23.4 Å². The second kappa shape index (κ2) is 8.17. The molecule has 2 heterocycles. The summed E-state index contributed by atoms with van der Waals surface area (Å²) in [5.74, 6) is -2.56. The molecule has 0 saturated heterocycles. The van der Waals surface area contributed by atoms with Crippen LogP contribution in [0.15, 0.2) is 59.6 Å². The van der Waals surface area contributed by atoms with Crippen LogP contribution in [0.5, 0.6) is 0 Å². The number of carboxylic acid groups (broad SMARTS) is 1. The van der Waals surface area contributed by atoms with E-state index in [2.05, 4.69) is 11.1 Å². The highest BCUT2D eigenvalue weighted by Crippen LogP contribution is 2.45. The third kappa shape index (κ3) is 3.68. The van der Waals surface area contributed by atoms with Crippen molar-refractivity contribution in [3.63, 3.8) is 0 Å². The van der Waals surface area contributed by atoms with Crippen LogP contribution in [-0.2, 0) is 12.0 Å². The molecule has 174 valence electrons. The Kier molecular flexibility index (Phi) is 5.25. The van der Waals surface area contributed by atoms with Crippen molar-refractivity contribution in [1.29, 1.82) is 5.26 Å². The molecule has 0 unspecified atom stereocenters. The summed E-state index contributed by atoms with van der Waals surface area (Å²) in [7, 11) is 0. The number of halogens is 2. The maximum Gasteiger partial charge on any atom is 0.338 e. The van der Waals surface area contributed by atoms with Gasteiger partial charge in [0.05, 0.1) is 23.7 Å². The molecule has 5 nitrogen and oxygen atoms in total. The Morgan fingerprint density at radius 3 is 2.54 bits per heavy atom. The molecule has 5 rings (SSSR count). The van der Waals surface area contributed by atoms with Crippen LogP contribution in [-0.4, -0.2) is 21.9 Å². The van der Waals surface area contributed by atoms with Crippen molar-refractivity contribution in [1.82, 2.24) is 4.57 Å². The molecule has 7 heteroatoms. The van der Waals surface area contributed by atoms with Crippen molar-refractivity contribution >= 4 is 23.1 Å². The minimum atomic E-state index is -1.34. The van der Waals surface area contributed by atoms with E-state index in [1.54, 1.807) is 24.4 Å². The number of fused-ring (bicyclic) bond motifs is 2. The molecule has 0 atom stereocenters. The maximum atomic E-state index is 14.9. The first-order valence-corrected chi connectivity index (χ1v) is 11.1. The summed E-state index contributed by atoms with van der Waals surface area (Å²) >= 11 is 0. The zero-order valence-electron chi connectivity index (χ0n) is 19.1. The minimum Gasteiger partial charge on any atom is -0.478 e. The van der Waals surface area contributed by atoms with Gasteiger partial charge in [0, 0.05) is 40.4 Å². The van der Waals surface area contributed by atoms with E-state index in [-0.39, 0.29) is 12.2 Å². The lowest BCUT2D eigenvalue weighted by Crippen LogP contribution is -2.21. The largest absolute Gasteiger partial charge is 0.478 e. The Bertz CT molecular complexity index is 1580. The van der Waals surface area contributed by atoms with Crippen molar-refractivity contribution in [2.75, 3.05) is 0 Å². The van der Waals surface area contributed by atoms with Gasteiger partial charge in [-0.1, -0.05) is 19.9 Å². The van der Waals surface area contributed by atoms with Gasteiger partial charge in [0.2, 0.25) is 0 Å². The van der Waals surface area contributed by atoms with E-state index in [0.717, 1.165) is 27.7 Å². The van der Waals surface area contributed by atoms with E-state index in [4.69, 9.17) is 0 Å². The average molecular weight is 469 g/mol. The van der Waals surface area contributed by atoms with Crippen molar-refractivity contribution in [2.45, 2.75) is 32.2 Å². The smallest absolute Gasteiger partial charge is 0.338 e. The molecule has 1 aromatic heterocycles. The van der Waals surface area contributed by atoms with E-state index >= 15 is 0 Å². The van der Waals surface area contributed by atoms with Crippen molar-refractivity contribution in [2.24, 2.45) is 4.99 Å². The number of aromatic carboxylic acids is 1. The molecule has 0 spiro atoms. The number of nitrogens with zero attached hydrogens (tertiary/aromatic N) is 3. The number of benzene rings is 3. The van der Waals surface area contributed by atoms with Crippen LogP contribution in [0.4, 0.5) is 8.78 Å². The van der Waals surface area contributed by atoms with Gasteiger partial charge in [0.15, 0.2) is 0 Å². The Morgan fingerprint density at radius 2 is 1.89 bits per heavy atom. The molecule has 0 radical (unpaired) electrons. The molecule has 1 N–H and O–H groups in total. The van der Waals surface area contributed by atoms with Gasteiger partial charge in [0.25, 0.3) is 0 Å². The number of hydrogen-bond donors (Lipinski definition) is 1. The van der Waals surface area contributed by atoms with Crippen LogP contribution in [0.2, 0.25) is 0 Å². The predicted molar refractivity (Wildman–Crippen MR) is 130 cm³/mol. The fourth-order valence-corrected chi connectivity index (χ4v) is 4.81. The monoisotopic (exact) mass is 469 g/mol. The lowest BCUT2D eigenvalue weighted by atomic mass is 9.81. The van der Waals surface area contributed by atoms with Crippen LogP contribution in [0, 0.1) is 23.0 Å². The Hall–Kier alpha value is -4.31. The molecule has 1 aliphatic rings. The van der Waals surface area contributed by atoms with Crippen LogP contribution in [0.3, 0.4) is 0 Å². The number of nitriles is 1. The van der Waals surface area contributed by atoms with Crippen molar-refractivity contribution < 1.29 is 18.7 Å². The molecule has 0 saturated carbocycles. The highest BCUT2D eigenvalue weighted by atomic mass is 19.1. The SMILES string of the molecule is CC(C)(CC#N)c1c(-c2ccc(C(=O)O)c(F)c2)c2cc3c(cc2n1-c1ccc(F)cc1)C=NC3. The predicted octanol–water partition coefficient (Wildman–Crippen LogP) is 6.40. The summed E-state index contributed by atoms with van der Waals surface area (Å²) in [5, 5.41) is 19.8. The normalized spacial score (nSPS) is 12.7. The fraction of sp³-hybridized carbons (Fsp3) is 0.179. The van der Waals surface area contributed by atoms with Gasteiger partial charge in [-0.05, 0) is 65.2 Å². The van der Waals surface area contributed by atoms with Crippen LogP contribution >= 0.6 is 0 Å². The first kappa shape index (κ1) is 22.5. The zero-order chi connectivity index (χ0) is 24.9. The Labute approximate surface area is 200 Å². The zero-order valence-corrected chi connectivity index (χ0v) is 19.1. The summed E-state index contributed by atoms with van der Waals surface area (Å²) in [6.07, 6.45) is 1.98. The first-order chi connectivity index (χ1) is 16.7. The lowest BCUT2D eigenvalue weighted by Gasteiger charge is -2.26. The number of hydrogen-bond acceptors (Lipinski definition) is 3. The van der Waals surface area contributed by atoms with Gasteiger partial charge in [-0.15, -0.1) is 0 Å². The standard InChI is InChI=1S/C28H21F2N3O2/c1-28(2,9-10-31)26-25(16-3-8-21(27(34)35)23(30)12-16)22-11-17-14-32-15-18(17)13-24(22)33(26)20-6-4-19(29)5-7-20/h3-8,11-13,15H,9,14H2,1-2H3,(H,34,35). The average Bonchev–Trinajstić information content (AvgIpc) is 3.40. The molecule has 3 aromatic carbocycles. The van der Waals surface area contributed by atoms with Gasteiger partial charge in [-0.25, -0.2) is 13.6 Å². The van der Waals surface area contributed by atoms with Gasteiger partial charge in [-0.2, -0.15) is 5.26 Å². The molecule has 1 aliphatic heterocycles. The maximum absolute atomic E-state index is 14.9. The number of rotatable bonds is 5. The first-order valence-electron chi connectivity index (χ1n) is 11.1. The van der Waals surface area contributed by atoms with Gasteiger partial charge < -0.3 is 9.67 Å². The van der Waals surface area contributed by atoms with Crippen LogP contribution in [0.25, 0.3) is 27.7 Å². The lowest BCUT2D eigenvalue weighted by molar-refractivity contribution is 0.0692. The highest BCUT2D eigenvalue weighted by molar-refractivity contribution is 6.04. The van der Waals surface area contributed by atoms with E-state index in [9.17, 15) is 23.9 Å². The number of aliphatic imine (C=N–C) groups is 1. The second-order valence-electron chi connectivity index (χ2n) is 9.29. The van der Waals surface area contributed by atoms with Crippen molar-refractivity contribution in [3.05, 3.63) is 88.6 Å². The molecule has 0 bridgehead atoms. The molecule has 0 fully saturated rings. The van der Waals surface area contributed by atoms with Crippen molar-refractivity contribution in [3.8, 4) is 22.9 Å². The van der Waals surface area contributed by atoms with Gasteiger partial charge in [-0.3, -0.25) is 4.99 Å². The summed E-state index contributed by atoms with van der Waals surface area (Å²) in [6.45, 7) is 4.39. The summed E-state index contributed by atoms with van der Waals surface area (Å²) in [5.41, 5.74) is 4.34. The fourth-order valence-electron chi connectivity index (χ4n) is 4.81. The van der Waals surface area contributed by atoms with E-state index in [1.165, 1.54) is 24.3 Å².